The lowest BCUT2D eigenvalue weighted by atomic mass is 10.0. The van der Waals surface area contributed by atoms with Gasteiger partial charge in [0.05, 0.1) is 29.4 Å². The number of likely N-dealkylation sites (tertiary alicyclic amines) is 1. The van der Waals surface area contributed by atoms with E-state index < -0.39 is 6.10 Å². The van der Waals surface area contributed by atoms with Gasteiger partial charge in [0.1, 0.15) is 12.4 Å². The Kier molecular flexibility index (Phi) is 4.68. The molecule has 2 atom stereocenters. The maximum absolute atomic E-state index is 11.8. The summed E-state index contributed by atoms with van der Waals surface area (Å²) >= 11 is 0. The van der Waals surface area contributed by atoms with Gasteiger partial charge in [0, 0.05) is 20.2 Å². The number of nitrogens with one attached hydrogen (secondary N) is 1. The predicted octanol–water partition coefficient (Wildman–Crippen LogP) is 0.650. The molecule has 1 aliphatic heterocycles. The summed E-state index contributed by atoms with van der Waals surface area (Å²) in [5.74, 6) is 0.528. The van der Waals surface area contributed by atoms with E-state index in [0.29, 0.717) is 25.3 Å². The van der Waals surface area contributed by atoms with Crippen LogP contribution < -0.4 is 5.32 Å². The first kappa shape index (κ1) is 15.6. The molecular formula is C16H20N4O3. The Labute approximate surface area is 134 Å². The number of aliphatic hydroxyl groups is 1. The molecule has 7 heteroatoms. The van der Waals surface area contributed by atoms with Crippen LogP contribution in [0.25, 0.3) is 11.0 Å². The molecule has 2 N–H and O–H groups in total. The number of methoxy groups -OCH3 is 1. The van der Waals surface area contributed by atoms with E-state index in [1.807, 2.05) is 24.3 Å². The van der Waals surface area contributed by atoms with Crippen LogP contribution in [0.4, 0.5) is 5.82 Å². The number of carbonyl (C=O) groups is 1. The van der Waals surface area contributed by atoms with Crippen LogP contribution in [0.15, 0.2) is 30.5 Å². The number of hydrogen-bond donors (Lipinski definition) is 2. The number of fused-ring (bicyclic) bond motifs is 1. The van der Waals surface area contributed by atoms with Gasteiger partial charge in [-0.25, -0.2) is 4.98 Å². The molecule has 0 saturated carbocycles. The predicted molar refractivity (Wildman–Crippen MR) is 86.0 cm³/mol. The lowest BCUT2D eigenvalue weighted by Gasteiger charge is -2.36. The Morgan fingerprint density at radius 3 is 2.96 bits per heavy atom. The van der Waals surface area contributed by atoms with Gasteiger partial charge in [-0.05, 0) is 18.6 Å². The summed E-state index contributed by atoms with van der Waals surface area (Å²) in [6.07, 6.45) is 1.65. The molecule has 1 aromatic heterocycles. The molecule has 1 aliphatic rings. The van der Waals surface area contributed by atoms with Gasteiger partial charge in [-0.2, -0.15) is 0 Å². The summed E-state index contributed by atoms with van der Waals surface area (Å²) in [6.45, 7) is 0.916. The number of amides is 1. The van der Waals surface area contributed by atoms with Gasteiger partial charge in [-0.3, -0.25) is 9.78 Å². The third kappa shape index (κ3) is 3.57. The third-order valence-corrected chi connectivity index (χ3v) is 3.98. The Bertz CT molecular complexity index is 694. The van der Waals surface area contributed by atoms with Crippen LogP contribution in [-0.2, 0) is 9.53 Å². The minimum Gasteiger partial charge on any atom is -0.389 e. The van der Waals surface area contributed by atoms with Crippen LogP contribution in [0.1, 0.15) is 6.42 Å². The third-order valence-electron chi connectivity index (χ3n) is 3.98. The number of hydrogen-bond acceptors (Lipinski definition) is 6. The van der Waals surface area contributed by atoms with Gasteiger partial charge < -0.3 is 20.1 Å². The summed E-state index contributed by atoms with van der Waals surface area (Å²) < 4.78 is 4.85. The van der Waals surface area contributed by atoms with Crippen LogP contribution in [0.3, 0.4) is 0 Å². The molecule has 23 heavy (non-hydrogen) atoms. The Hall–Kier alpha value is -2.25. The zero-order chi connectivity index (χ0) is 16.2. The number of carbonyl (C=O) groups excluding carboxylic acids is 1. The summed E-state index contributed by atoms with van der Waals surface area (Å²) in [6, 6.07) is 7.48. The molecule has 0 spiro atoms. The molecule has 1 aromatic carbocycles. The van der Waals surface area contributed by atoms with Gasteiger partial charge >= 0.3 is 0 Å². The molecule has 122 valence electrons. The van der Waals surface area contributed by atoms with Crippen LogP contribution in [-0.4, -0.2) is 64.8 Å². The van der Waals surface area contributed by atoms with Crippen molar-refractivity contribution < 1.29 is 14.6 Å². The first-order chi connectivity index (χ1) is 11.2. The highest BCUT2D eigenvalue weighted by atomic mass is 16.5. The number of anilines is 1. The largest absolute Gasteiger partial charge is 0.389 e. The molecule has 0 aliphatic carbocycles. The van der Waals surface area contributed by atoms with Crippen LogP contribution in [0, 0.1) is 0 Å². The molecule has 7 nitrogen and oxygen atoms in total. The van der Waals surface area contributed by atoms with Crippen LogP contribution >= 0.6 is 0 Å². The fourth-order valence-electron chi connectivity index (χ4n) is 2.76. The second-order valence-electron chi connectivity index (χ2n) is 5.62. The molecule has 1 fully saturated rings. The maximum atomic E-state index is 11.8. The smallest absolute Gasteiger partial charge is 0.248 e. The number of benzene rings is 1. The van der Waals surface area contributed by atoms with Crippen molar-refractivity contribution in [3.63, 3.8) is 0 Å². The maximum Gasteiger partial charge on any atom is 0.248 e. The zero-order valence-electron chi connectivity index (χ0n) is 13.0. The Morgan fingerprint density at radius 1 is 1.43 bits per heavy atom. The first-order valence-electron chi connectivity index (χ1n) is 7.60. The topological polar surface area (TPSA) is 87.6 Å². The van der Waals surface area contributed by atoms with Crippen molar-refractivity contribution >= 4 is 22.8 Å². The first-order valence-corrected chi connectivity index (χ1v) is 7.60. The molecule has 2 aromatic rings. The number of rotatable bonds is 4. The lowest BCUT2D eigenvalue weighted by Crippen LogP contribution is -2.52. The van der Waals surface area contributed by atoms with Crippen LogP contribution in [0.5, 0.6) is 0 Å². The number of ether oxygens (including phenoxy) is 1. The summed E-state index contributed by atoms with van der Waals surface area (Å²) in [5, 5.41) is 13.5. The Balaban J connectivity index is 1.65. The quantitative estimate of drug-likeness (QED) is 0.861. The second kappa shape index (κ2) is 6.89. The van der Waals surface area contributed by atoms with Crippen LogP contribution in [0.2, 0.25) is 0 Å². The number of aliphatic hydroxyl groups excluding tert-OH is 1. The zero-order valence-corrected chi connectivity index (χ0v) is 13.0. The Morgan fingerprint density at radius 2 is 2.22 bits per heavy atom. The second-order valence-corrected chi connectivity index (χ2v) is 5.62. The highest BCUT2D eigenvalue weighted by molar-refractivity contribution is 5.77. The van der Waals surface area contributed by atoms with Gasteiger partial charge in [-0.15, -0.1) is 0 Å². The lowest BCUT2D eigenvalue weighted by molar-refractivity contribution is -0.138. The molecule has 0 unspecified atom stereocenters. The van der Waals surface area contributed by atoms with Crippen molar-refractivity contribution in [2.24, 2.45) is 0 Å². The van der Waals surface area contributed by atoms with E-state index in [-0.39, 0.29) is 18.6 Å². The van der Waals surface area contributed by atoms with Gasteiger partial charge in [-0.1, -0.05) is 12.1 Å². The van der Waals surface area contributed by atoms with E-state index >= 15 is 0 Å². The molecule has 1 saturated heterocycles. The van der Waals surface area contributed by atoms with Gasteiger partial charge in [0.25, 0.3) is 0 Å². The van der Waals surface area contributed by atoms with Gasteiger partial charge in [0.2, 0.25) is 5.91 Å². The highest BCUT2D eigenvalue weighted by Gasteiger charge is 2.30. The van der Waals surface area contributed by atoms with E-state index in [0.717, 1.165) is 11.0 Å². The number of aromatic nitrogens is 2. The molecule has 3 rings (SSSR count). The van der Waals surface area contributed by atoms with Crippen molar-refractivity contribution in [1.82, 2.24) is 14.9 Å². The number of para-hydroxylation sites is 2. The summed E-state index contributed by atoms with van der Waals surface area (Å²) in [5.41, 5.74) is 1.64. The van der Waals surface area contributed by atoms with Crippen molar-refractivity contribution in [2.75, 3.05) is 32.1 Å². The minimum absolute atomic E-state index is 0.0426. The fourth-order valence-corrected chi connectivity index (χ4v) is 2.76. The SMILES string of the molecule is COCC(=O)N1CC[C@@H](Nc2cnc3ccccc3n2)[C@H](O)C1. The van der Waals surface area contributed by atoms with Crippen molar-refractivity contribution in [3.8, 4) is 0 Å². The highest BCUT2D eigenvalue weighted by Crippen LogP contribution is 2.17. The van der Waals surface area contributed by atoms with Crippen molar-refractivity contribution in [2.45, 2.75) is 18.6 Å². The fraction of sp³-hybridized carbons (Fsp3) is 0.438. The van der Waals surface area contributed by atoms with Crippen molar-refractivity contribution in [3.05, 3.63) is 30.5 Å². The summed E-state index contributed by atoms with van der Waals surface area (Å²) in [7, 11) is 1.49. The van der Waals surface area contributed by atoms with E-state index in [2.05, 4.69) is 15.3 Å². The van der Waals surface area contributed by atoms with E-state index in [1.54, 1.807) is 11.1 Å². The van der Waals surface area contributed by atoms with E-state index in [9.17, 15) is 9.90 Å². The average molecular weight is 316 g/mol. The van der Waals surface area contributed by atoms with E-state index in [1.165, 1.54) is 7.11 Å². The minimum atomic E-state index is -0.655. The average Bonchev–Trinajstić information content (AvgIpc) is 2.57. The number of β-amino-alcohol motifs (C(OH)–C–C–N with tert-alkyl or cyclic N) is 1. The molecule has 2 heterocycles. The molecule has 0 radical (unpaired) electrons. The van der Waals surface area contributed by atoms with E-state index in [4.69, 9.17) is 4.74 Å². The van der Waals surface area contributed by atoms with Crippen molar-refractivity contribution in [1.29, 1.82) is 0 Å². The monoisotopic (exact) mass is 316 g/mol. The number of piperidine rings is 1. The standard InChI is InChI=1S/C16H20N4O3/c1-23-10-16(22)20-7-6-13(14(21)9-20)19-15-8-17-11-4-2-3-5-12(11)18-15/h2-5,8,13-14,21H,6-7,9-10H2,1H3,(H,18,19)/t13-,14-/m1/s1. The molecule has 1 amide bonds. The van der Waals surface area contributed by atoms with Gasteiger partial charge in [0.15, 0.2) is 0 Å². The molecule has 0 bridgehead atoms. The normalized spacial score (nSPS) is 21.4. The molecular weight excluding hydrogens is 296 g/mol. The summed E-state index contributed by atoms with van der Waals surface area (Å²) in [4.78, 5) is 22.3. The number of nitrogens with zero attached hydrogens (tertiary/aromatic N) is 3.